The summed E-state index contributed by atoms with van der Waals surface area (Å²) < 4.78 is 0. The first-order valence-electron chi connectivity index (χ1n) is 14.8. The predicted molar refractivity (Wildman–Crippen MR) is 174 cm³/mol. The normalized spacial score (nSPS) is 10.4. The molecule has 0 N–H and O–H groups in total. The molecular weight excluding hydrogens is 725 g/mol. The molecule has 5 aromatic carbocycles. The van der Waals surface area contributed by atoms with Crippen LogP contribution in [0.3, 0.4) is 0 Å². The Hall–Kier alpha value is -1.24. The maximum absolute atomic E-state index is 2.47. The number of hydrogen-bond donors (Lipinski definition) is 0. The molecule has 0 aliphatic carbocycles. The molecule has 41 heavy (non-hydrogen) atoms. The number of rotatable bonds is 12. The summed E-state index contributed by atoms with van der Waals surface area (Å²) in [7, 11) is 0.0642. The summed E-state index contributed by atoms with van der Waals surface area (Å²) in [5, 5.41) is 7.22. The van der Waals surface area contributed by atoms with Crippen molar-refractivity contribution in [1.29, 1.82) is 0 Å². The smallest absolute Gasteiger partial charge is 1.00 e. The summed E-state index contributed by atoms with van der Waals surface area (Å²) in [6.45, 7) is 6.75. The van der Waals surface area contributed by atoms with E-state index in [0.717, 1.165) is 0 Å². The van der Waals surface area contributed by atoms with Crippen molar-refractivity contribution in [3.8, 4) is 11.1 Å². The van der Waals surface area contributed by atoms with Crippen molar-refractivity contribution in [2.24, 2.45) is 0 Å². The van der Waals surface area contributed by atoms with Crippen LogP contribution < -0.4 is 30.1 Å². The largest absolute Gasteiger partial charge is 4.00 e. The van der Waals surface area contributed by atoms with Crippen LogP contribution in [0.15, 0.2) is 97.1 Å². The van der Waals surface area contributed by atoms with Crippen LogP contribution in [-0.2, 0) is 25.8 Å². The van der Waals surface area contributed by atoms with Gasteiger partial charge in [0.1, 0.15) is 0 Å². The average molecular weight is 770 g/mol. The van der Waals surface area contributed by atoms with Crippen LogP contribution in [0, 0.1) is 6.92 Å². The number of unbranched alkanes of at least 4 members (excludes halogenated alkanes) is 6. The fraction of sp³-hybridized carbons (Fsp3) is 0.351. The summed E-state index contributed by atoms with van der Waals surface area (Å²) >= 11 is 0. The van der Waals surface area contributed by atoms with Gasteiger partial charge in [0.05, 0.1) is 0 Å². The first kappa shape index (κ1) is 37.8. The van der Waals surface area contributed by atoms with E-state index < -0.39 is 0 Å². The molecule has 0 fully saturated rings. The van der Waals surface area contributed by atoms with Crippen molar-refractivity contribution in [2.45, 2.75) is 72.1 Å². The van der Waals surface area contributed by atoms with Crippen molar-refractivity contribution in [2.75, 3.05) is 12.3 Å². The van der Waals surface area contributed by atoms with E-state index in [9.17, 15) is 0 Å². The third-order valence-electron chi connectivity index (χ3n) is 7.51. The Labute approximate surface area is 281 Å². The van der Waals surface area contributed by atoms with Gasteiger partial charge in [0, 0.05) is 0 Å². The molecule has 0 bridgehead atoms. The zero-order valence-corrected chi connectivity index (χ0v) is 31.0. The van der Waals surface area contributed by atoms with Crippen molar-refractivity contribution in [3.05, 3.63) is 103 Å². The van der Waals surface area contributed by atoms with Crippen LogP contribution in [0.5, 0.6) is 0 Å². The number of halogens is 2. The monoisotopic (exact) mass is 770 g/mol. The minimum Gasteiger partial charge on any atom is -1.00 e. The van der Waals surface area contributed by atoms with Gasteiger partial charge in [0.2, 0.25) is 0 Å². The summed E-state index contributed by atoms with van der Waals surface area (Å²) in [5.41, 5.74) is 3.95. The molecule has 0 saturated carbocycles. The van der Waals surface area contributed by atoms with Crippen LogP contribution in [0.4, 0.5) is 0 Å². The Morgan fingerprint density at radius 2 is 1.22 bits per heavy atom. The quantitative estimate of drug-likeness (QED) is 0.0694. The van der Waals surface area contributed by atoms with Gasteiger partial charge in [0.15, 0.2) is 0 Å². The van der Waals surface area contributed by atoms with Crippen molar-refractivity contribution in [1.82, 2.24) is 0 Å². The van der Waals surface area contributed by atoms with Gasteiger partial charge in [-0.3, -0.25) is 0 Å². The van der Waals surface area contributed by atoms with Gasteiger partial charge in [-0.05, 0) is 30.7 Å². The molecule has 5 rings (SSSR count). The molecule has 0 aliphatic rings. The third-order valence-corrected chi connectivity index (χ3v) is 10.2. The molecule has 4 heteroatoms. The number of benzene rings is 3. The van der Waals surface area contributed by atoms with E-state index in [2.05, 4.69) is 118 Å². The SMILES string of the molecule is CCCCCCP(CCCCCC)c1cc2ccccc2[cH-]1.Cc1cc2c(-c3ccccc3)cccc2[cH-]1.[Cl-].[Cl-].[Hf+4]. The Morgan fingerprint density at radius 3 is 1.85 bits per heavy atom. The topological polar surface area (TPSA) is 0 Å². The molecular formula is C37H45Cl2HfP. The molecule has 0 unspecified atom stereocenters. The van der Waals surface area contributed by atoms with Gasteiger partial charge in [-0.1, -0.05) is 115 Å². The van der Waals surface area contributed by atoms with E-state index in [0.29, 0.717) is 0 Å². The molecule has 5 aromatic rings. The van der Waals surface area contributed by atoms with E-state index in [1.807, 2.05) is 0 Å². The fourth-order valence-electron chi connectivity index (χ4n) is 5.40. The maximum Gasteiger partial charge on any atom is 4.00 e. The van der Waals surface area contributed by atoms with Gasteiger partial charge in [-0.15, -0.1) is 74.9 Å². The predicted octanol–water partition coefficient (Wildman–Crippen LogP) is 5.37. The molecule has 0 saturated heterocycles. The van der Waals surface area contributed by atoms with Gasteiger partial charge >= 0.3 is 25.8 Å². The van der Waals surface area contributed by atoms with Gasteiger partial charge in [0.25, 0.3) is 0 Å². The molecule has 0 aromatic heterocycles. The van der Waals surface area contributed by atoms with E-state index in [1.165, 1.54) is 102 Å². The number of hydrogen-bond acceptors (Lipinski definition) is 0. The molecule has 0 amide bonds. The summed E-state index contributed by atoms with van der Waals surface area (Å²) in [6.07, 6.45) is 14.1. The van der Waals surface area contributed by atoms with Crippen LogP contribution in [0.25, 0.3) is 32.7 Å². The maximum atomic E-state index is 2.47. The van der Waals surface area contributed by atoms with Crippen molar-refractivity contribution >= 4 is 34.8 Å². The Morgan fingerprint density at radius 1 is 0.610 bits per heavy atom. The summed E-state index contributed by atoms with van der Waals surface area (Å²) in [4.78, 5) is 0. The van der Waals surface area contributed by atoms with Gasteiger partial charge in [-0.25, -0.2) is 0 Å². The second kappa shape index (κ2) is 20.6. The number of fused-ring (bicyclic) bond motifs is 2. The minimum absolute atomic E-state index is 0. The Kier molecular flexibility index (Phi) is 19.0. The molecule has 0 nitrogen and oxygen atoms in total. The van der Waals surface area contributed by atoms with E-state index in [1.54, 1.807) is 5.30 Å². The summed E-state index contributed by atoms with van der Waals surface area (Å²) in [6, 6.07) is 35.4. The minimum atomic E-state index is 0. The number of aryl methyl sites for hydroxylation is 1. The van der Waals surface area contributed by atoms with Crippen LogP contribution >= 0.6 is 7.92 Å². The van der Waals surface area contributed by atoms with Crippen LogP contribution in [-0.4, -0.2) is 12.3 Å². The van der Waals surface area contributed by atoms with Crippen LogP contribution in [0.1, 0.15) is 70.8 Å². The van der Waals surface area contributed by atoms with E-state index in [-0.39, 0.29) is 58.6 Å². The second-order valence-corrected chi connectivity index (χ2v) is 13.1. The first-order chi connectivity index (χ1) is 18.7. The molecule has 0 radical (unpaired) electrons. The van der Waals surface area contributed by atoms with Crippen molar-refractivity contribution in [3.63, 3.8) is 0 Å². The van der Waals surface area contributed by atoms with Gasteiger partial charge in [-0.2, -0.15) is 12.1 Å². The molecule has 0 heterocycles. The standard InChI is InChI=1S/C21H32P.C16H13.2ClH.Hf/c1-3-5-7-11-15-22(16-12-8-6-4-2)21-17-19-13-9-10-14-20(19)18-21;1-12-10-14-8-5-9-15(16(14)11-12)13-6-3-2-4-7-13;;;/h9-10,13-14,17-18H,3-8,11-12,15-16H2,1-2H3;2-11H,1H3;2*1H;/q2*-1;;;+4/p-2. The Bertz CT molecular complexity index is 1330. The van der Waals surface area contributed by atoms with Crippen molar-refractivity contribution < 1.29 is 50.7 Å². The third kappa shape index (κ3) is 11.4. The van der Waals surface area contributed by atoms with Crippen LogP contribution in [0.2, 0.25) is 0 Å². The Balaban J connectivity index is 0.000000396. The molecule has 0 atom stereocenters. The molecule has 0 spiro atoms. The summed E-state index contributed by atoms with van der Waals surface area (Å²) in [5.74, 6) is 0. The van der Waals surface area contributed by atoms with E-state index >= 15 is 0 Å². The van der Waals surface area contributed by atoms with Gasteiger partial charge < -0.3 is 24.8 Å². The second-order valence-electron chi connectivity index (χ2n) is 10.7. The molecule has 216 valence electrons. The average Bonchev–Trinajstić information content (AvgIpc) is 3.55. The fourth-order valence-corrected chi connectivity index (χ4v) is 7.99. The zero-order valence-electron chi connectivity index (χ0n) is 25.0. The molecule has 0 aliphatic heterocycles. The first-order valence-corrected chi connectivity index (χ1v) is 16.5. The zero-order chi connectivity index (χ0) is 26.6. The van der Waals surface area contributed by atoms with E-state index in [4.69, 9.17) is 0 Å².